The van der Waals surface area contributed by atoms with Gasteiger partial charge in [0.15, 0.2) is 0 Å². The monoisotopic (exact) mass is 274 g/mol. The van der Waals surface area contributed by atoms with Crippen LogP contribution in [0.4, 0.5) is 0 Å². The maximum atomic E-state index is 11.5. The first kappa shape index (κ1) is 13.4. The summed E-state index contributed by atoms with van der Waals surface area (Å²) in [5.74, 6) is 0.582. The van der Waals surface area contributed by atoms with Crippen LogP contribution >= 0.6 is 0 Å². The lowest BCUT2D eigenvalue weighted by molar-refractivity contribution is -0.132. The Morgan fingerprint density at radius 2 is 2.15 bits per heavy atom. The molecule has 0 spiro atoms. The van der Waals surface area contributed by atoms with Gasteiger partial charge in [-0.2, -0.15) is 0 Å². The normalized spacial score (nSPS) is 26.4. The van der Waals surface area contributed by atoms with Crippen molar-refractivity contribution in [3.63, 3.8) is 0 Å². The number of likely N-dealkylation sites (tertiary alicyclic amines) is 1. The molecular weight excluding hydrogens is 252 g/mol. The van der Waals surface area contributed by atoms with E-state index in [4.69, 9.17) is 0 Å². The molecule has 1 aromatic rings. The van der Waals surface area contributed by atoms with Gasteiger partial charge in [0.2, 0.25) is 5.91 Å². The molecule has 2 N–H and O–H groups in total. The van der Waals surface area contributed by atoms with Gasteiger partial charge < -0.3 is 15.3 Å². The number of rotatable bonds is 2. The fourth-order valence-electron chi connectivity index (χ4n) is 3.39. The van der Waals surface area contributed by atoms with E-state index in [0.717, 1.165) is 25.8 Å². The Kier molecular flexibility index (Phi) is 3.66. The van der Waals surface area contributed by atoms with Crippen molar-refractivity contribution in [1.29, 1.82) is 0 Å². The van der Waals surface area contributed by atoms with Crippen LogP contribution in [0.2, 0.25) is 0 Å². The van der Waals surface area contributed by atoms with Crippen molar-refractivity contribution in [2.45, 2.75) is 44.2 Å². The Morgan fingerprint density at radius 1 is 1.30 bits per heavy atom. The second kappa shape index (κ2) is 5.44. The molecule has 0 aromatic heterocycles. The summed E-state index contributed by atoms with van der Waals surface area (Å²) in [6, 6.07) is 6.36. The number of carbonyl (C=O) groups excluding carboxylic acids is 1. The molecule has 0 radical (unpaired) electrons. The first-order valence-corrected chi connectivity index (χ1v) is 7.45. The van der Waals surface area contributed by atoms with E-state index in [9.17, 15) is 9.90 Å². The summed E-state index contributed by atoms with van der Waals surface area (Å²) in [4.78, 5) is 13.4. The summed E-state index contributed by atoms with van der Waals surface area (Å²) >= 11 is 0. The molecule has 4 nitrogen and oxygen atoms in total. The van der Waals surface area contributed by atoms with E-state index in [-0.39, 0.29) is 5.91 Å². The second-order valence-corrected chi connectivity index (χ2v) is 6.00. The van der Waals surface area contributed by atoms with Crippen molar-refractivity contribution < 1.29 is 9.90 Å². The Labute approximate surface area is 119 Å². The molecule has 1 saturated heterocycles. The maximum absolute atomic E-state index is 11.5. The third kappa shape index (κ3) is 2.66. The zero-order valence-corrected chi connectivity index (χ0v) is 11.9. The molecule has 1 fully saturated rings. The van der Waals surface area contributed by atoms with Gasteiger partial charge in [-0.3, -0.25) is 4.79 Å². The highest BCUT2D eigenvalue weighted by atomic mass is 16.3. The van der Waals surface area contributed by atoms with Gasteiger partial charge in [0.25, 0.3) is 0 Å². The van der Waals surface area contributed by atoms with E-state index in [1.54, 1.807) is 6.07 Å². The van der Waals surface area contributed by atoms with E-state index < -0.39 is 0 Å². The van der Waals surface area contributed by atoms with Crippen LogP contribution in [-0.4, -0.2) is 35.5 Å². The number of carbonyl (C=O) groups is 1. The van der Waals surface area contributed by atoms with Crippen molar-refractivity contribution >= 4 is 5.91 Å². The van der Waals surface area contributed by atoms with Crippen molar-refractivity contribution in [3.8, 4) is 5.75 Å². The quantitative estimate of drug-likeness (QED) is 0.867. The summed E-state index contributed by atoms with van der Waals surface area (Å²) in [6.07, 6.45) is 4.92. The topological polar surface area (TPSA) is 52.6 Å². The zero-order chi connectivity index (χ0) is 14.1. The van der Waals surface area contributed by atoms with Crippen LogP contribution in [0.15, 0.2) is 18.2 Å². The first-order chi connectivity index (χ1) is 9.63. The number of hydrogen-bond donors (Lipinski definition) is 2. The van der Waals surface area contributed by atoms with Crippen molar-refractivity contribution in [1.82, 2.24) is 10.2 Å². The number of phenols is 1. The van der Waals surface area contributed by atoms with E-state index in [0.29, 0.717) is 24.3 Å². The Balaban J connectivity index is 1.73. The van der Waals surface area contributed by atoms with Crippen LogP contribution in [0.25, 0.3) is 0 Å². The number of piperidine rings is 1. The molecule has 0 bridgehead atoms. The van der Waals surface area contributed by atoms with Crippen molar-refractivity contribution in [3.05, 3.63) is 29.3 Å². The van der Waals surface area contributed by atoms with Crippen LogP contribution in [0.5, 0.6) is 5.75 Å². The molecular formula is C16H22N2O2. The lowest BCUT2D eigenvalue weighted by atomic mass is 9.86. The third-order valence-electron chi connectivity index (χ3n) is 4.51. The van der Waals surface area contributed by atoms with Gasteiger partial charge in [-0.05, 0) is 48.9 Å². The maximum Gasteiger partial charge on any atom is 0.222 e. The fourth-order valence-corrected chi connectivity index (χ4v) is 3.39. The minimum Gasteiger partial charge on any atom is -0.508 e. The van der Waals surface area contributed by atoms with Crippen LogP contribution < -0.4 is 5.32 Å². The zero-order valence-electron chi connectivity index (χ0n) is 11.9. The molecule has 2 unspecified atom stereocenters. The summed E-state index contributed by atoms with van der Waals surface area (Å²) in [7, 11) is 1.87. The number of nitrogens with one attached hydrogen (secondary N) is 1. The van der Waals surface area contributed by atoms with Crippen LogP contribution in [0, 0.1) is 0 Å². The number of phenolic OH excluding ortho intramolecular Hbond substituents is 1. The Hall–Kier alpha value is -1.55. The lowest BCUT2D eigenvalue weighted by Gasteiger charge is -2.35. The van der Waals surface area contributed by atoms with Crippen molar-refractivity contribution in [2.24, 2.45) is 0 Å². The predicted molar refractivity (Wildman–Crippen MR) is 77.6 cm³/mol. The third-order valence-corrected chi connectivity index (χ3v) is 4.51. The Morgan fingerprint density at radius 3 is 2.95 bits per heavy atom. The molecule has 20 heavy (non-hydrogen) atoms. The van der Waals surface area contributed by atoms with Gasteiger partial charge in [0, 0.05) is 32.1 Å². The molecule has 3 rings (SSSR count). The van der Waals surface area contributed by atoms with Crippen molar-refractivity contribution in [2.75, 3.05) is 13.6 Å². The smallest absolute Gasteiger partial charge is 0.222 e. The molecule has 1 aliphatic carbocycles. The largest absolute Gasteiger partial charge is 0.508 e. The molecule has 4 heteroatoms. The summed E-state index contributed by atoms with van der Waals surface area (Å²) < 4.78 is 0. The second-order valence-electron chi connectivity index (χ2n) is 6.00. The summed E-state index contributed by atoms with van der Waals surface area (Å²) in [5, 5.41) is 13.4. The summed E-state index contributed by atoms with van der Waals surface area (Å²) in [6.45, 7) is 0.781. The predicted octanol–water partition coefficient (Wildman–Crippen LogP) is 1.98. The number of aryl methyl sites for hydroxylation is 1. The summed E-state index contributed by atoms with van der Waals surface area (Å²) in [5.41, 5.74) is 2.57. The van der Waals surface area contributed by atoms with E-state index in [1.807, 2.05) is 24.1 Å². The standard InChI is InChI=1S/C16H22N2O2/c1-18-10-12(6-8-16(18)20)17-15-4-2-3-11-5-7-13(19)9-14(11)15/h5,7,9,12,15,17,19H,2-4,6,8,10H2,1H3. The molecule has 108 valence electrons. The van der Waals surface area contributed by atoms with Gasteiger partial charge in [-0.1, -0.05) is 6.07 Å². The average molecular weight is 274 g/mol. The molecule has 1 amide bonds. The van der Waals surface area contributed by atoms with Gasteiger partial charge >= 0.3 is 0 Å². The molecule has 0 saturated carbocycles. The molecule has 2 atom stereocenters. The minimum atomic E-state index is 0.240. The van der Waals surface area contributed by atoms with Crippen LogP contribution in [-0.2, 0) is 11.2 Å². The van der Waals surface area contributed by atoms with Gasteiger partial charge in [0.05, 0.1) is 0 Å². The first-order valence-electron chi connectivity index (χ1n) is 7.45. The van der Waals surface area contributed by atoms with E-state index in [1.165, 1.54) is 17.5 Å². The highest BCUT2D eigenvalue weighted by molar-refractivity contribution is 5.76. The Bertz CT molecular complexity index is 515. The minimum absolute atomic E-state index is 0.240. The number of nitrogens with zero attached hydrogens (tertiary/aromatic N) is 1. The number of fused-ring (bicyclic) bond motifs is 1. The van der Waals surface area contributed by atoms with Crippen LogP contribution in [0.1, 0.15) is 42.9 Å². The van der Waals surface area contributed by atoms with Gasteiger partial charge in [0.1, 0.15) is 5.75 Å². The number of benzene rings is 1. The fraction of sp³-hybridized carbons (Fsp3) is 0.562. The molecule has 1 aromatic carbocycles. The van der Waals surface area contributed by atoms with Gasteiger partial charge in [-0.25, -0.2) is 0 Å². The van der Waals surface area contributed by atoms with E-state index >= 15 is 0 Å². The SMILES string of the molecule is CN1CC(NC2CCCc3ccc(O)cc32)CCC1=O. The number of likely N-dealkylation sites (N-methyl/N-ethyl adjacent to an activating group) is 1. The highest BCUT2D eigenvalue weighted by Gasteiger charge is 2.27. The number of amides is 1. The molecule has 1 heterocycles. The van der Waals surface area contributed by atoms with Gasteiger partial charge in [-0.15, -0.1) is 0 Å². The van der Waals surface area contributed by atoms with Crippen LogP contribution in [0.3, 0.4) is 0 Å². The molecule has 2 aliphatic rings. The number of aromatic hydroxyl groups is 1. The molecule has 1 aliphatic heterocycles. The number of hydrogen-bond acceptors (Lipinski definition) is 3. The average Bonchev–Trinajstić information content (AvgIpc) is 2.44. The van der Waals surface area contributed by atoms with E-state index in [2.05, 4.69) is 5.32 Å². The lowest BCUT2D eigenvalue weighted by Crippen LogP contribution is -2.48. The highest BCUT2D eigenvalue weighted by Crippen LogP contribution is 2.33.